The molecule has 0 fully saturated rings. The zero-order chi connectivity index (χ0) is 21.3. The third-order valence-electron chi connectivity index (χ3n) is 4.21. The second-order valence-electron chi connectivity index (χ2n) is 6.58. The van der Waals surface area contributed by atoms with E-state index >= 15 is 0 Å². The highest BCUT2D eigenvalue weighted by Gasteiger charge is 2.07. The van der Waals surface area contributed by atoms with E-state index in [1.54, 1.807) is 13.2 Å². The molecule has 0 saturated heterocycles. The number of rotatable bonds is 7. The van der Waals surface area contributed by atoms with Crippen molar-refractivity contribution in [1.29, 1.82) is 0 Å². The summed E-state index contributed by atoms with van der Waals surface area (Å²) >= 11 is 3.46. The number of ether oxygens (including phenoxy) is 1. The van der Waals surface area contributed by atoms with E-state index in [0.717, 1.165) is 27.6 Å². The molecule has 0 aliphatic rings. The Bertz CT molecular complexity index is 1090. The van der Waals surface area contributed by atoms with Gasteiger partial charge in [-0.05, 0) is 49.4 Å². The molecule has 0 saturated carbocycles. The van der Waals surface area contributed by atoms with E-state index in [1.165, 1.54) is 6.33 Å². The molecule has 154 valence electrons. The van der Waals surface area contributed by atoms with E-state index in [0.29, 0.717) is 24.7 Å². The third-order valence-corrected chi connectivity index (χ3v) is 4.70. The molecule has 0 aliphatic heterocycles. The Kier molecular flexibility index (Phi) is 7.74. The maximum Gasteiger partial charge on any atom is 0.300 e. The first-order valence-corrected chi connectivity index (χ1v) is 10.1. The summed E-state index contributed by atoms with van der Waals surface area (Å²) in [6.45, 7) is 1.87. The molecule has 0 bridgehead atoms. The molecule has 1 amide bonds. The van der Waals surface area contributed by atoms with Gasteiger partial charge in [-0.15, -0.1) is 0 Å². The summed E-state index contributed by atoms with van der Waals surface area (Å²) in [5.74, 6) is 5.77. The summed E-state index contributed by atoms with van der Waals surface area (Å²) in [5, 5.41) is 6.89. The largest absolute Gasteiger partial charge is 0.383 e. The monoisotopic (exact) mass is 467 g/mol. The van der Waals surface area contributed by atoms with Crippen LogP contribution in [0.1, 0.15) is 0 Å². The van der Waals surface area contributed by atoms with Gasteiger partial charge in [-0.25, -0.2) is 9.97 Å². The highest BCUT2D eigenvalue weighted by molar-refractivity contribution is 9.10. The Balaban J connectivity index is 1.72. The molecule has 1 heterocycles. The zero-order valence-electron chi connectivity index (χ0n) is 16.8. The van der Waals surface area contributed by atoms with Gasteiger partial charge in [0.25, 0.3) is 5.91 Å². The number of carbonyl (C=O) groups excluding carboxylic acids is 1. The van der Waals surface area contributed by atoms with Crippen LogP contribution in [-0.2, 0) is 9.53 Å². The lowest BCUT2D eigenvalue weighted by molar-refractivity contribution is -0.111. The fourth-order valence-electron chi connectivity index (χ4n) is 2.68. The first kappa shape index (κ1) is 21.7. The lowest BCUT2D eigenvalue weighted by atomic mass is 10.2. The average Bonchev–Trinajstić information content (AvgIpc) is 2.73. The predicted octanol–water partition coefficient (Wildman–Crippen LogP) is 3.66. The molecule has 0 radical (unpaired) electrons. The number of hydrogen-bond acceptors (Lipinski definition) is 6. The number of fused-ring (bicyclic) bond motifs is 1. The lowest BCUT2D eigenvalue weighted by Crippen LogP contribution is -2.23. The number of methoxy groups -OCH3 is 1. The second-order valence-corrected chi connectivity index (χ2v) is 7.49. The van der Waals surface area contributed by atoms with Crippen molar-refractivity contribution in [3.8, 4) is 11.8 Å². The summed E-state index contributed by atoms with van der Waals surface area (Å²) in [7, 11) is 3.58. The maximum absolute atomic E-state index is 12.2. The summed E-state index contributed by atoms with van der Waals surface area (Å²) in [6.07, 6.45) is 1.51. The Morgan fingerprint density at radius 2 is 2.07 bits per heavy atom. The minimum absolute atomic E-state index is 0.368. The number of nitrogens with one attached hydrogen (secondary N) is 2. The number of likely N-dealkylation sites (N-methyl/N-ethyl adjacent to an activating group) is 1. The molecule has 7 nitrogen and oxygen atoms in total. The molecular weight excluding hydrogens is 446 g/mol. The van der Waals surface area contributed by atoms with Crippen molar-refractivity contribution in [2.75, 3.05) is 44.5 Å². The number of hydrogen-bond donors (Lipinski definition) is 2. The van der Waals surface area contributed by atoms with Gasteiger partial charge in [-0.1, -0.05) is 27.9 Å². The van der Waals surface area contributed by atoms with Crippen molar-refractivity contribution in [3.63, 3.8) is 0 Å². The van der Waals surface area contributed by atoms with Gasteiger partial charge in [0.05, 0.1) is 18.7 Å². The molecular formula is C22H22BrN5O2. The molecule has 8 heteroatoms. The number of aromatic nitrogens is 2. The molecule has 0 aliphatic carbocycles. The quantitative estimate of drug-likeness (QED) is 0.516. The van der Waals surface area contributed by atoms with Crippen LogP contribution in [0.5, 0.6) is 0 Å². The number of benzene rings is 2. The van der Waals surface area contributed by atoms with E-state index in [9.17, 15) is 4.79 Å². The van der Waals surface area contributed by atoms with Crippen molar-refractivity contribution in [2.24, 2.45) is 0 Å². The van der Waals surface area contributed by atoms with Gasteiger partial charge in [0.1, 0.15) is 12.1 Å². The van der Waals surface area contributed by atoms with Gasteiger partial charge in [0.15, 0.2) is 0 Å². The molecule has 3 rings (SSSR count). The Labute approximate surface area is 184 Å². The van der Waals surface area contributed by atoms with Crippen LogP contribution in [0.2, 0.25) is 0 Å². The number of amides is 1. The predicted molar refractivity (Wildman–Crippen MR) is 123 cm³/mol. The van der Waals surface area contributed by atoms with Crippen LogP contribution in [0.3, 0.4) is 0 Å². The van der Waals surface area contributed by atoms with Crippen molar-refractivity contribution < 1.29 is 9.53 Å². The van der Waals surface area contributed by atoms with Gasteiger partial charge < -0.3 is 15.4 Å². The van der Waals surface area contributed by atoms with Gasteiger partial charge in [0, 0.05) is 34.9 Å². The standard InChI is InChI=1S/C22H22BrN5O2/c1-28(11-12-30-2)10-4-7-21(29)26-18-8-9-20-19(14-18)22(25-15-24-20)27-17-6-3-5-16(23)13-17/h3,5-6,8-9,13-15H,10-12H2,1-2H3,(H,26,29)(H,24,25,27). The van der Waals surface area contributed by atoms with Gasteiger partial charge in [0.2, 0.25) is 0 Å². The summed E-state index contributed by atoms with van der Waals surface area (Å²) in [4.78, 5) is 22.8. The first-order valence-electron chi connectivity index (χ1n) is 9.30. The second kappa shape index (κ2) is 10.7. The van der Waals surface area contributed by atoms with Crippen molar-refractivity contribution in [1.82, 2.24) is 14.9 Å². The normalized spacial score (nSPS) is 10.5. The number of halogens is 1. The van der Waals surface area contributed by atoms with E-state index in [1.807, 2.05) is 48.3 Å². The lowest BCUT2D eigenvalue weighted by Gasteiger charge is -2.11. The summed E-state index contributed by atoms with van der Waals surface area (Å²) in [5.41, 5.74) is 2.29. The minimum Gasteiger partial charge on any atom is -0.383 e. The van der Waals surface area contributed by atoms with Crippen molar-refractivity contribution in [3.05, 3.63) is 53.3 Å². The molecule has 0 atom stereocenters. The number of nitrogens with zero attached hydrogens (tertiary/aromatic N) is 3. The zero-order valence-corrected chi connectivity index (χ0v) is 18.4. The molecule has 1 aromatic heterocycles. The molecule has 0 spiro atoms. The maximum atomic E-state index is 12.2. The Morgan fingerprint density at radius 1 is 1.20 bits per heavy atom. The van der Waals surface area contributed by atoms with Crippen molar-refractivity contribution in [2.45, 2.75) is 0 Å². The van der Waals surface area contributed by atoms with Crippen LogP contribution < -0.4 is 10.6 Å². The molecule has 3 aromatic rings. The fourth-order valence-corrected chi connectivity index (χ4v) is 3.08. The smallest absolute Gasteiger partial charge is 0.300 e. The average molecular weight is 468 g/mol. The van der Waals surface area contributed by atoms with E-state index in [-0.39, 0.29) is 5.91 Å². The van der Waals surface area contributed by atoms with E-state index < -0.39 is 0 Å². The highest BCUT2D eigenvalue weighted by atomic mass is 79.9. The van der Waals surface area contributed by atoms with Crippen LogP contribution in [0.25, 0.3) is 10.9 Å². The topological polar surface area (TPSA) is 79.4 Å². The number of carbonyl (C=O) groups is 1. The van der Waals surface area contributed by atoms with Crippen LogP contribution in [0.4, 0.5) is 17.2 Å². The molecule has 2 N–H and O–H groups in total. The summed E-state index contributed by atoms with van der Waals surface area (Å²) < 4.78 is 5.98. The molecule has 0 unspecified atom stereocenters. The summed E-state index contributed by atoms with van der Waals surface area (Å²) in [6, 6.07) is 13.3. The molecule has 2 aromatic carbocycles. The van der Waals surface area contributed by atoms with Gasteiger partial charge in [-0.2, -0.15) is 0 Å². The fraction of sp³-hybridized carbons (Fsp3) is 0.227. The molecule has 30 heavy (non-hydrogen) atoms. The highest BCUT2D eigenvalue weighted by Crippen LogP contribution is 2.26. The number of anilines is 3. The third kappa shape index (κ3) is 6.26. The van der Waals surface area contributed by atoms with E-state index in [2.05, 4.69) is 48.4 Å². The van der Waals surface area contributed by atoms with Crippen LogP contribution in [0.15, 0.2) is 53.3 Å². The van der Waals surface area contributed by atoms with Crippen LogP contribution >= 0.6 is 15.9 Å². The van der Waals surface area contributed by atoms with E-state index in [4.69, 9.17) is 4.74 Å². The van der Waals surface area contributed by atoms with Gasteiger partial charge >= 0.3 is 0 Å². The Morgan fingerprint density at radius 3 is 2.87 bits per heavy atom. The SMILES string of the molecule is COCCN(C)CC#CC(=O)Nc1ccc2ncnc(Nc3cccc(Br)c3)c2c1. The van der Waals surface area contributed by atoms with Gasteiger partial charge in [-0.3, -0.25) is 9.69 Å². The van der Waals surface area contributed by atoms with Crippen molar-refractivity contribution >= 4 is 49.9 Å². The van der Waals surface area contributed by atoms with Crippen LogP contribution in [0, 0.1) is 11.8 Å². The Hall–Kier alpha value is -2.99. The minimum atomic E-state index is -0.368. The van der Waals surface area contributed by atoms with Crippen LogP contribution in [-0.4, -0.2) is 54.6 Å². The first-order chi connectivity index (χ1) is 14.5.